The van der Waals surface area contributed by atoms with Crippen LogP contribution in [0.1, 0.15) is 33.3 Å². The summed E-state index contributed by atoms with van der Waals surface area (Å²) in [5, 5.41) is 0.166. The Kier molecular flexibility index (Phi) is 5.56. The van der Waals surface area contributed by atoms with Gasteiger partial charge in [0.15, 0.2) is 0 Å². The predicted octanol–water partition coefficient (Wildman–Crippen LogP) is 4.16. The van der Waals surface area contributed by atoms with Crippen molar-refractivity contribution >= 4 is 17.0 Å². The van der Waals surface area contributed by atoms with E-state index in [0.717, 1.165) is 5.75 Å². The molecule has 1 amide bonds. The van der Waals surface area contributed by atoms with Gasteiger partial charge in [0.1, 0.15) is 0 Å². The molecule has 0 fully saturated rings. The molecule has 0 heterocycles. The maximum Gasteiger partial charge on any atom is 0.282 e. The molecule has 1 rings (SSSR count). The van der Waals surface area contributed by atoms with E-state index in [2.05, 4.69) is 39.8 Å². The highest BCUT2D eigenvalue weighted by Gasteiger charge is 2.20. The van der Waals surface area contributed by atoms with E-state index < -0.39 is 0 Å². The Labute approximate surface area is 108 Å². The van der Waals surface area contributed by atoms with Crippen LogP contribution in [-0.2, 0) is 5.75 Å². The minimum absolute atomic E-state index is 0.166. The van der Waals surface area contributed by atoms with Crippen molar-refractivity contribution in [1.82, 2.24) is 4.90 Å². The molecule has 0 aliphatic carbocycles. The van der Waals surface area contributed by atoms with E-state index >= 15 is 0 Å². The average molecular weight is 251 g/mol. The number of carbonyl (C=O) groups excluding carboxylic acids is 1. The van der Waals surface area contributed by atoms with Crippen LogP contribution in [-0.4, -0.2) is 22.2 Å². The van der Waals surface area contributed by atoms with E-state index in [1.807, 2.05) is 23.1 Å². The van der Waals surface area contributed by atoms with Gasteiger partial charge in [0.2, 0.25) is 0 Å². The molecule has 0 radical (unpaired) electrons. The van der Waals surface area contributed by atoms with Crippen LogP contribution < -0.4 is 0 Å². The molecule has 1 aromatic rings. The first-order valence-corrected chi connectivity index (χ1v) is 7.00. The van der Waals surface area contributed by atoms with E-state index in [4.69, 9.17) is 0 Å². The third-order valence-corrected chi connectivity index (χ3v) is 3.46. The highest BCUT2D eigenvalue weighted by molar-refractivity contribution is 8.12. The van der Waals surface area contributed by atoms with Crippen LogP contribution in [0.2, 0.25) is 0 Å². The van der Waals surface area contributed by atoms with Crippen molar-refractivity contribution in [2.75, 3.05) is 0 Å². The zero-order valence-electron chi connectivity index (χ0n) is 11.0. The lowest BCUT2D eigenvalue weighted by molar-refractivity contribution is 0.190. The second kappa shape index (κ2) is 6.70. The lowest BCUT2D eigenvalue weighted by atomic mass is 10.2. The predicted molar refractivity (Wildman–Crippen MR) is 75.2 cm³/mol. The summed E-state index contributed by atoms with van der Waals surface area (Å²) in [6.45, 7) is 8.23. The molecule has 0 N–H and O–H groups in total. The first-order chi connectivity index (χ1) is 8.02. The van der Waals surface area contributed by atoms with Gasteiger partial charge in [0.25, 0.3) is 5.24 Å². The fourth-order valence-electron chi connectivity index (χ4n) is 1.81. The first-order valence-electron chi connectivity index (χ1n) is 6.01. The highest BCUT2D eigenvalue weighted by atomic mass is 32.2. The molecular formula is C14H21NOS. The zero-order chi connectivity index (χ0) is 12.8. The van der Waals surface area contributed by atoms with Crippen molar-refractivity contribution in [3.63, 3.8) is 0 Å². The summed E-state index contributed by atoms with van der Waals surface area (Å²) in [6, 6.07) is 10.6. The number of thioether (sulfide) groups is 1. The van der Waals surface area contributed by atoms with E-state index in [9.17, 15) is 4.79 Å². The number of benzene rings is 1. The Morgan fingerprint density at radius 3 is 2.12 bits per heavy atom. The highest BCUT2D eigenvalue weighted by Crippen LogP contribution is 2.19. The number of amides is 1. The summed E-state index contributed by atoms with van der Waals surface area (Å²) in [7, 11) is 0. The van der Waals surface area contributed by atoms with Crippen LogP contribution >= 0.6 is 11.8 Å². The van der Waals surface area contributed by atoms with Crippen LogP contribution in [0.15, 0.2) is 30.3 Å². The van der Waals surface area contributed by atoms with Gasteiger partial charge in [-0.25, -0.2) is 0 Å². The third kappa shape index (κ3) is 4.43. The molecular weight excluding hydrogens is 230 g/mol. The van der Waals surface area contributed by atoms with E-state index in [1.54, 1.807) is 0 Å². The van der Waals surface area contributed by atoms with Crippen LogP contribution in [0, 0.1) is 0 Å². The maximum absolute atomic E-state index is 12.1. The summed E-state index contributed by atoms with van der Waals surface area (Å²) in [5.74, 6) is 0.746. The molecule has 0 saturated heterocycles. The Morgan fingerprint density at radius 1 is 1.12 bits per heavy atom. The number of carbonyl (C=O) groups is 1. The smallest absolute Gasteiger partial charge is 0.282 e. The van der Waals surface area contributed by atoms with Gasteiger partial charge >= 0.3 is 0 Å². The van der Waals surface area contributed by atoms with Gasteiger partial charge in [-0.15, -0.1) is 0 Å². The second-order valence-electron chi connectivity index (χ2n) is 4.63. The van der Waals surface area contributed by atoms with Gasteiger partial charge in [-0.05, 0) is 33.3 Å². The normalized spacial score (nSPS) is 10.9. The van der Waals surface area contributed by atoms with Gasteiger partial charge in [-0.2, -0.15) is 0 Å². The Balaban J connectivity index is 2.54. The third-order valence-electron chi connectivity index (χ3n) is 2.53. The fourth-order valence-corrected chi connectivity index (χ4v) is 2.87. The van der Waals surface area contributed by atoms with Crippen LogP contribution in [0.3, 0.4) is 0 Å². The number of nitrogens with zero attached hydrogens (tertiary/aromatic N) is 1. The molecule has 17 heavy (non-hydrogen) atoms. The number of hydrogen-bond donors (Lipinski definition) is 0. The van der Waals surface area contributed by atoms with Crippen molar-refractivity contribution in [3.05, 3.63) is 35.9 Å². The summed E-state index contributed by atoms with van der Waals surface area (Å²) in [4.78, 5) is 14.0. The molecule has 0 aliphatic heterocycles. The first kappa shape index (κ1) is 14.1. The Morgan fingerprint density at radius 2 is 1.65 bits per heavy atom. The van der Waals surface area contributed by atoms with Gasteiger partial charge in [-0.3, -0.25) is 4.79 Å². The summed E-state index contributed by atoms with van der Waals surface area (Å²) in [6.07, 6.45) is 0. The van der Waals surface area contributed by atoms with E-state index in [0.29, 0.717) is 0 Å². The van der Waals surface area contributed by atoms with Gasteiger partial charge < -0.3 is 4.90 Å². The van der Waals surface area contributed by atoms with E-state index in [1.165, 1.54) is 17.3 Å². The van der Waals surface area contributed by atoms with Gasteiger partial charge in [-0.1, -0.05) is 42.1 Å². The summed E-state index contributed by atoms with van der Waals surface area (Å²) < 4.78 is 0. The molecule has 1 aromatic carbocycles. The van der Waals surface area contributed by atoms with Crippen LogP contribution in [0.4, 0.5) is 4.79 Å². The molecule has 0 unspecified atom stereocenters. The van der Waals surface area contributed by atoms with Crippen molar-refractivity contribution in [1.29, 1.82) is 0 Å². The van der Waals surface area contributed by atoms with Crippen LogP contribution in [0.25, 0.3) is 0 Å². The molecule has 94 valence electrons. The molecule has 0 saturated carbocycles. The topological polar surface area (TPSA) is 20.3 Å². The zero-order valence-corrected chi connectivity index (χ0v) is 11.8. The fraction of sp³-hybridized carbons (Fsp3) is 0.500. The summed E-state index contributed by atoms with van der Waals surface area (Å²) >= 11 is 1.38. The van der Waals surface area contributed by atoms with Crippen LogP contribution in [0.5, 0.6) is 0 Å². The Bertz CT molecular complexity index is 340. The SMILES string of the molecule is CC(C)N(C(=O)SCc1ccccc1)C(C)C. The monoisotopic (exact) mass is 251 g/mol. The number of hydrogen-bond acceptors (Lipinski definition) is 2. The lowest BCUT2D eigenvalue weighted by Crippen LogP contribution is -2.39. The molecule has 0 bridgehead atoms. The lowest BCUT2D eigenvalue weighted by Gasteiger charge is -2.30. The summed E-state index contributed by atoms with van der Waals surface area (Å²) in [5.41, 5.74) is 1.19. The molecule has 0 spiro atoms. The van der Waals surface area contributed by atoms with Crippen molar-refractivity contribution < 1.29 is 4.79 Å². The molecule has 3 heteroatoms. The average Bonchev–Trinajstić information content (AvgIpc) is 2.27. The quantitative estimate of drug-likeness (QED) is 0.801. The van der Waals surface area contributed by atoms with E-state index in [-0.39, 0.29) is 17.3 Å². The Hall–Kier alpha value is -0.960. The van der Waals surface area contributed by atoms with Crippen molar-refractivity contribution in [2.45, 2.75) is 45.5 Å². The number of rotatable bonds is 4. The molecule has 0 aliphatic rings. The molecule has 0 aromatic heterocycles. The van der Waals surface area contributed by atoms with Crippen molar-refractivity contribution in [3.8, 4) is 0 Å². The van der Waals surface area contributed by atoms with Crippen molar-refractivity contribution in [2.24, 2.45) is 0 Å². The standard InChI is InChI=1S/C14H21NOS/c1-11(2)15(12(3)4)14(16)17-10-13-8-6-5-7-9-13/h5-9,11-12H,10H2,1-4H3. The molecule has 0 atom stereocenters. The van der Waals surface area contributed by atoms with Gasteiger partial charge in [0, 0.05) is 17.8 Å². The second-order valence-corrected chi connectivity index (χ2v) is 5.56. The maximum atomic E-state index is 12.1. The largest absolute Gasteiger partial charge is 0.329 e. The minimum Gasteiger partial charge on any atom is -0.329 e. The van der Waals surface area contributed by atoms with Gasteiger partial charge in [0.05, 0.1) is 0 Å². The minimum atomic E-state index is 0.166. The molecule has 2 nitrogen and oxygen atoms in total.